The zero-order chi connectivity index (χ0) is 14.5. The number of nitrogens with two attached hydrogens (primary N) is 1. The maximum atomic E-state index is 11.9. The molecule has 0 atom stereocenters. The Hall–Kier alpha value is -1.70. The summed E-state index contributed by atoms with van der Waals surface area (Å²) in [4.78, 5) is 13.5. The van der Waals surface area contributed by atoms with Gasteiger partial charge in [-0.3, -0.25) is 0 Å². The number of hydrogen-bond donors (Lipinski definition) is 3. The second-order valence-electron chi connectivity index (χ2n) is 4.01. The van der Waals surface area contributed by atoms with Crippen molar-refractivity contribution in [3.05, 3.63) is 11.8 Å². The van der Waals surface area contributed by atoms with E-state index >= 15 is 0 Å². The molecular weight excluding hydrogens is 270 g/mol. The van der Waals surface area contributed by atoms with Crippen LogP contribution in [0.3, 0.4) is 0 Å². The third-order valence-electron chi connectivity index (χ3n) is 2.45. The zero-order valence-corrected chi connectivity index (χ0v) is 11.8. The van der Waals surface area contributed by atoms with Crippen LogP contribution in [-0.4, -0.2) is 26.0 Å². The smallest absolute Gasteiger partial charge is 0.326 e. The van der Waals surface area contributed by atoms with Crippen LogP contribution in [0.5, 0.6) is 5.88 Å². The third kappa shape index (κ3) is 4.16. The van der Waals surface area contributed by atoms with Crippen LogP contribution in [-0.2, 0) is 16.4 Å². The van der Waals surface area contributed by atoms with Gasteiger partial charge in [0.2, 0.25) is 5.88 Å². The molecule has 0 radical (unpaired) electrons. The average Bonchev–Trinajstić information content (AvgIpc) is 2.72. The van der Waals surface area contributed by atoms with Crippen molar-refractivity contribution in [1.82, 2.24) is 9.71 Å². The van der Waals surface area contributed by atoms with Gasteiger partial charge < -0.3 is 15.5 Å². The lowest BCUT2D eigenvalue weighted by atomic mass is 10.3. The Morgan fingerprint density at radius 3 is 2.68 bits per heavy atom. The molecular formula is C11H19N3O4S. The van der Waals surface area contributed by atoms with Crippen LogP contribution in [0.4, 0.5) is 4.79 Å². The second kappa shape index (κ2) is 6.46. The summed E-state index contributed by atoms with van der Waals surface area (Å²) in [7, 11) is -4.00. The fourth-order valence-corrected chi connectivity index (χ4v) is 2.50. The molecule has 0 aliphatic heterocycles. The molecule has 0 unspecified atom stereocenters. The van der Waals surface area contributed by atoms with E-state index in [1.54, 1.807) is 4.72 Å². The second-order valence-corrected chi connectivity index (χ2v) is 5.66. The molecule has 108 valence electrons. The van der Waals surface area contributed by atoms with Gasteiger partial charge in [-0.25, -0.2) is 17.9 Å². The lowest BCUT2D eigenvalue weighted by molar-refractivity contribution is 0.253. The minimum absolute atomic E-state index is 0.0979. The monoisotopic (exact) mass is 289 g/mol. The summed E-state index contributed by atoms with van der Waals surface area (Å²) < 4.78 is 30.9. The van der Waals surface area contributed by atoms with Gasteiger partial charge in [-0.2, -0.15) is 0 Å². The Kier molecular flexibility index (Phi) is 5.22. The largest absolute Gasteiger partial charge is 0.478 e. The number of aromatic amines is 1. The van der Waals surface area contributed by atoms with Crippen molar-refractivity contribution in [3.8, 4) is 5.88 Å². The molecule has 1 aromatic heterocycles. The molecule has 2 amide bonds. The highest BCUT2D eigenvalue weighted by molar-refractivity contribution is 7.90. The van der Waals surface area contributed by atoms with Crippen LogP contribution in [0.1, 0.15) is 32.4 Å². The van der Waals surface area contributed by atoms with E-state index in [0.29, 0.717) is 18.7 Å². The number of hydrogen-bond acceptors (Lipinski definition) is 4. The zero-order valence-electron chi connectivity index (χ0n) is 11.0. The maximum absolute atomic E-state index is 11.9. The van der Waals surface area contributed by atoms with Gasteiger partial charge in [0.15, 0.2) is 0 Å². The number of rotatable bonds is 7. The first kappa shape index (κ1) is 15.4. The Labute approximate surface area is 112 Å². The van der Waals surface area contributed by atoms with E-state index in [1.165, 1.54) is 6.07 Å². The first-order valence-corrected chi connectivity index (χ1v) is 7.56. The minimum atomic E-state index is -4.00. The van der Waals surface area contributed by atoms with E-state index in [4.69, 9.17) is 10.5 Å². The fraction of sp³-hybridized carbons (Fsp3) is 0.545. The number of aryl methyl sites for hydroxylation is 1. The molecule has 1 aromatic rings. The normalized spacial score (nSPS) is 11.3. The number of carbonyl (C=O) groups excluding carboxylic acids is 1. The molecule has 0 spiro atoms. The molecule has 7 nitrogen and oxygen atoms in total. The van der Waals surface area contributed by atoms with Crippen molar-refractivity contribution in [1.29, 1.82) is 0 Å². The Morgan fingerprint density at radius 1 is 1.47 bits per heavy atom. The van der Waals surface area contributed by atoms with Crippen molar-refractivity contribution < 1.29 is 17.9 Å². The summed E-state index contributed by atoms with van der Waals surface area (Å²) in [6.07, 6.45) is 2.36. The Morgan fingerprint density at radius 2 is 2.16 bits per heavy atom. The topological polar surface area (TPSA) is 114 Å². The van der Waals surface area contributed by atoms with Crippen molar-refractivity contribution in [2.45, 2.75) is 38.0 Å². The average molecular weight is 289 g/mol. The van der Waals surface area contributed by atoms with Crippen LogP contribution >= 0.6 is 0 Å². The highest BCUT2D eigenvalue weighted by Crippen LogP contribution is 2.24. The molecule has 19 heavy (non-hydrogen) atoms. The van der Waals surface area contributed by atoms with Gasteiger partial charge >= 0.3 is 6.03 Å². The number of amides is 2. The lowest BCUT2D eigenvalue weighted by Gasteiger charge is -2.07. The van der Waals surface area contributed by atoms with Gasteiger partial charge in [0.05, 0.1) is 6.61 Å². The van der Waals surface area contributed by atoms with E-state index in [-0.39, 0.29) is 10.8 Å². The quantitative estimate of drug-likeness (QED) is 0.652. The van der Waals surface area contributed by atoms with Gasteiger partial charge in [-0.1, -0.05) is 20.3 Å². The van der Waals surface area contributed by atoms with E-state index in [2.05, 4.69) is 4.98 Å². The summed E-state index contributed by atoms with van der Waals surface area (Å²) in [6.45, 7) is 4.28. The summed E-state index contributed by atoms with van der Waals surface area (Å²) in [5.74, 6) is 0.138. The molecule has 1 heterocycles. The van der Waals surface area contributed by atoms with Gasteiger partial charge in [0, 0.05) is 5.69 Å². The summed E-state index contributed by atoms with van der Waals surface area (Å²) in [5, 5.41) is 0. The van der Waals surface area contributed by atoms with E-state index in [9.17, 15) is 13.2 Å². The Bertz CT molecular complexity index is 536. The van der Waals surface area contributed by atoms with Crippen LogP contribution in [0.25, 0.3) is 0 Å². The molecule has 0 saturated heterocycles. The van der Waals surface area contributed by atoms with E-state index < -0.39 is 16.1 Å². The highest BCUT2D eigenvalue weighted by Gasteiger charge is 2.24. The minimum Gasteiger partial charge on any atom is -0.478 e. The molecule has 0 saturated carbocycles. The number of carbonyl (C=O) groups is 1. The van der Waals surface area contributed by atoms with Crippen LogP contribution in [0, 0.1) is 0 Å². The van der Waals surface area contributed by atoms with Crippen LogP contribution < -0.4 is 15.2 Å². The van der Waals surface area contributed by atoms with Crippen LogP contribution in [0.2, 0.25) is 0 Å². The molecule has 4 N–H and O–H groups in total. The molecule has 0 aromatic carbocycles. The highest BCUT2D eigenvalue weighted by atomic mass is 32.2. The number of primary amides is 1. The standard InChI is InChI=1S/C11H19N3O4S/c1-3-5-6-18-10-9(7-8(4-2)13-10)19(16,17)14-11(12)15/h7,13H,3-6H2,1-2H3,(H3,12,14,15). The molecule has 0 bridgehead atoms. The van der Waals surface area contributed by atoms with Crippen molar-refractivity contribution >= 4 is 16.1 Å². The summed E-state index contributed by atoms with van der Waals surface area (Å²) in [6, 6.07) is 0.311. The predicted molar refractivity (Wildman–Crippen MR) is 70.5 cm³/mol. The molecule has 1 rings (SSSR count). The number of ether oxygens (including phenoxy) is 1. The molecule has 8 heteroatoms. The van der Waals surface area contributed by atoms with Gasteiger partial charge in [0.1, 0.15) is 4.90 Å². The van der Waals surface area contributed by atoms with Crippen molar-refractivity contribution in [2.24, 2.45) is 5.73 Å². The van der Waals surface area contributed by atoms with Crippen LogP contribution in [0.15, 0.2) is 11.0 Å². The number of urea groups is 1. The fourth-order valence-electron chi connectivity index (χ4n) is 1.47. The Balaban J connectivity index is 3.03. The first-order valence-electron chi connectivity index (χ1n) is 6.07. The number of H-pyrrole nitrogens is 1. The third-order valence-corrected chi connectivity index (χ3v) is 3.81. The number of aromatic nitrogens is 1. The maximum Gasteiger partial charge on any atom is 0.326 e. The molecule has 0 fully saturated rings. The summed E-state index contributed by atoms with van der Waals surface area (Å²) >= 11 is 0. The molecule has 0 aliphatic rings. The van der Waals surface area contributed by atoms with Crippen molar-refractivity contribution in [2.75, 3.05) is 6.61 Å². The van der Waals surface area contributed by atoms with Gasteiger partial charge in [-0.05, 0) is 18.9 Å². The summed E-state index contributed by atoms with van der Waals surface area (Å²) in [5.41, 5.74) is 5.55. The predicted octanol–water partition coefficient (Wildman–Crippen LogP) is 1.11. The van der Waals surface area contributed by atoms with Crippen molar-refractivity contribution in [3.63, 3.8) is 0 Å². The van der Waals surface area contributed by atoms with Gasteiger partial charge in [-0.15, -0.1) is 0 Å². The SMILES string of the molecule is CCCCOc1[nH]c(CC)cc1S(=O)(=O)NC(N)=O. The molecule has 0 aliphatic carbocycles. The number of sulfonamides is 1. The van der Waals surface area contributed by atoms with E-state index in [1.807, 2.05) is 13.8 Å². The van der Waals surface area contributed by atoms with E-state index in [0.717, 1.165) is 12.8 Å². The number of unbranched alkanes of at least 4 members (excludes halogenated alkanes) is 1. The first-order chi connectivity index (χ1) is 8.90. The van der Waals surface area contributed by atoms with Gasteiger partial charge in [0.25, 0.3) is 10.0 Å². The number of nitrogens with one attached hydrogen (secondary N) is 2. The lowest BCUT2D eigenvalue weighted by Crippen LogP contribution is -2.35.